The molecule has 0 aromatic carbocycles. The number of rotatable bonds is 6. The van der Waals surface area contributed by atoms with Crippen LogP contribution in [-0.2, 0) is 9.53 Å². The molecule has 3 nitrogen and oxygen atoms in total. The van der Waals surface area contributed by atoms with E-state index < -0.39 is 5.97 Å². The minimum Gasteiger partial charge on any atom is -0.454 e. The highest BCUT2D eigenvalue weighted by Crippen LogP contribution is 2.26. The molecule has 0 unspecified atom stereocenters. The molecule has 0 radical (unpaired) electrons. The van der Waals surface area contributed by atoms with E-state index in [0.29, 0.717) is 11.1 Å². The molecule has 25 heavy (non-hydrogen) atoms. The highest BCUT2D eigenvalue weighted by Gasteiger charge is 2.19. The van der Waals surface area contributed by atoms with Crippen LogP contribution in [0.2, 0.25) is 0 Å². The lowest BCUT2D eigenvalue weighted by Crippen LogP contribution is -2.15. The molecule has 0 amide bonds. The minimum atomic E-state index is -0.478. The van der Waals surface area contributed by atoms with E-state index >= 15 is 0 Å². The van der Waals surface area contributed by atoms with Crippen LogP contribution < -0.4 is 0 Å². The molecule has 6 heteroatoms. The molecular formula is C19H16O3S3. The monoisotopic (exact) mass is 388 g/mol. The molecule has 0 atom stereocenters. The van der Waals surface area contributed by atoms with Crippen LogP contribution in [0.15, 0.2) is 41.1 Å². The van der Waals surface area contributed by atoms with E-state index in [1.165, 1.54) is 11.3 Å². The van der Waals surface area contributed by atoms with Crippen molar-refractivity contribution in [2.24, 2.45) is 0 Å². The van der Waals surface area contributed by atoms with Crippen LogP contribution in [0.4, 0.5) is 0 Å². The zero-order valence-corrected chi connectivity index (χ0v) is 16.2. The maximum atomic E-state index is 12.6. The van der Waals surface area contributed by atoms with Crippen molar-refractivity contribution in [3.8, 4) is 0 Å². The summed E-state index contributed by atoms with van der Waals surface area (Å²) in [6.45, 7) is 3.61. The van der Waals surface area contributed by atoms with Crippen LogP contribution in [0, 0.1) is 13.8 Å². The van der Waals surface area contributed by atoms with E-state index in [-0.39, 0.29) is 12.4 Å². The van der Waals surface area contributed by atoms with E-state index in [0.717, 1.165) is 19.5 Å². The average Bonchev–Trinajstić information content (AvgIpc) is 3.32. The molecule has 3 aromatic rings. The second kappa shape index (κ2) is 7.91. The molecule has 0 saturated heterocycles. The third-order valence-electron chi connectivity index (χ3n) is 3.51. The Morgan fingerprint density at radius 2 is 1.88 bits per heavy atom. The summed E-state index contributed by atoms with van der Waals surface area (Å²) in [7, 11) is 0. The number of aryl methyl sites for hydroxylation is 2. The standard InChI is InChI=1S/C19H16O3S3/c1-12-9-15(13(2)25-12)17(20)11-22-19(21)16(18-6-4-8-24-18)10-14-5-3-7-23-14/h3-10H,11H2,1-2H3/b16-10+. The third kappa shape index (κ3) is 4.34. The predicted molar refractivity (Wildman–Crippen MR) is 106 cm³/mol. The third-order valence-corrected chi connectivity index (χ3v) is 6.20. The molecule has 3 rings (SSSR count). The van der Waals surface area contributed by atoms with E-state index in [9.17, 15) is 9.59 Å². The van der Waals surface area contributed by atoms with Crippen molar-refractivity contribution in [1.82, 2.24) is 0 Å². The lowest BCUT2D eigenvalue weighted by atomic mass is 10.1. The van der Waals surface area contributed by atoms with Gasteiger partial charge in [-0.1, -0.05) is 12.1 Å². The Labute approximate surface area is 158 Å². The zero-order chi connectivity index (χ0) is 17.8. The molecule has 3 heterocycles. The largest absolute Gasteiger partial charge is 0.454 e. The summed E-state index contributed by atoms with van der Waals surface area (Å²) in [6, 6.07) is 9.48. The van der Waals surface area contributed by atoms with Crippen molar-refractivity contribution in [3.63, 3.8) is 0 Å². The van der Waals surface area contributed by atoms with Gasteiger partial charge in [0, 0.05) is 25.1 Å². The van der Waals surface area contributed by atoms with E-state index in [4.69, 9.17) is 4.74 Å². The number of ether oxygens (including phenoxy) is 1. The fraction of sp³-hybridized carbons (Fsp3) is 0.158. The van der Waals surface area contributed by atoms with Crippen molar-refractivity contribution in [3.05, 3.63) is 66.2 Å². The van der Waals surface area contributed by atoms with Gasteiger partial charge in [0.1, 0.15) is 0 Å². The van der Waals surface area contributed by atoms with Crippen molar-refractivity contribution >= 4 is 57.4 Å². The number of thiophene rings is 3. The molecule has 0 fully saturated rings. The first-order valence-corrected chi connectivity index (χ1v) is 10.2. The first kappa shape index (κ1) is 17.8. The number of carbonyl (C=O) groups excluding carboxylic acids is 2. The van der Waals surface area contributed by atoms with Crippen molar-refractivity contribution in [2.75, 3.05) is 6.61 Å². The summed E-state index contributed by atoms with van der Waals surface area (Å²) in [5.74, 6) is -0.648. The number of hydrogen-bond acceptors (Lipinski definition) is 6. The van der Waals surface area contributed by atoms with Gasteiger partial charge in [-0.05, 0) is 48.9 Å². The number of carbonyl (C=O) groups is 2. The van der Waals surface area contributed by atoms with Crippen LogP contribution in [0.3, 0.4) is 0 Å². The van der Waals surface area contributed by atoms with Gasteiger partial charge in [-0.3, -0.25) is 4.79 Å². The van der Waals surface area contributed by atoms with Gasteiger partial charge in [0.2, 0.25) is 5.78 Å². The Hall–Kier alpha value is -2.02. The van der Waals surface area contributed by atoms with Gasteiger partial charge in [0.05, 0.1) is 5.57 Å². The Bertz CT molecular complexity index is 900. The quantitative estimate of drug-likeness (QED) is 0.320. The van der Waals surface area contributed by atoms with Crippen molar-refractivity contribution in [2.45, 2.75) is 13.8 Å². The highest BCUT2D eigenvalue weighted by atomic mass is 32.1. The molecule has 0 aliphatic heterocycles. The summed E-state index contributed by atoms with van der Waals surface area (Å²) in [5, 5.41) is 3.86. The van der Waals surface area contributed by atoms with E-state index in [1.807, 2.05) is 61.0 Å². The van der Waals surface area contributed by atoms with Gasteiger partial charge in [-0.15, -0.1) is 34.0 Å². The van der Waals surface area contributed by atoms with Gasteiger partial charge >= 0.3 is 5.97 Å². The SMILES string of the molecule is Cc1cc(C(=O)COC(=O)/C(=C/c2cccs2)c2cccs2)c(C)s1. The average molecular weight is 389 g/mol. The van der Waals surface area contributed by atoms with Gasteiger partial charge < -0.3 is 4.74 Å². The molecular weight excluding hydrogens is 372 g/mol. The molecule has 0 saturated carbocycles. The number of hydrogen-bond donors (Lipinski definition) is 0. The normalized spacial score (nSPS) is 11.5. The van der Waals surface area contributed by atoms with Crippen molar-refractivity contribution < 1.29 is 14.3 Å². The Balaban J connectivity index is 1.75. The molecule has 3 aromatic heterocycles. The number of esters is 1. The van der Waals surface area contributed by atoms with Crippen LogP contribution in [0.25, 0.3) is 11.6 Å². The zero-order valence-electron chi connectivity index (χ0n) is 13.8. The van der Waals surface area contributed by atoms with Crippen LogP contribution in [-0.4, -0.2) is 18.4 Å². The predicted octanol–water partition coefficient (Wildman–Crippen LogP) is 5.45. The number of ketones is 1. The fourth-order valence-corrected chi connectivity index (χ4v) is 4.70. The lowest BCUT2D eigenvalue weighted by Gasteiger charge is -2.06. The maximum absolute atomic E-state index is 12.6. The topological polar surface area (TPSA) is 43.4 Å². The molecule has 128 valence electrons. The lowest BCUT2D eigenvalue weighted by molar-refractivity contribution is -0.135. The fourth-order valence-electron chi connectivity index (χ4n) is 2.37. The van der Waals surface area contributed by atoms with Gasteiger partial charge in [-0.25, -0.2) is 4.79 Å². The second-order valence-corrected chi connectivity index (χ2v) is 8.76. The molecule has 0 N–H and O–H groups in total. The summed E-state index contributed by atoms with van der Waals surface area (Å²) < 4.78 is 5.32. The molecule has 0 aliphatic carbocycles. The Morgan fingerprint density at radius 1 is 1.12 bits per heavy atom. The summed E-state index contributed by atoms with van der Waals surface area (Å²) in [4.78, 5) is 28.7. The minimum absolute atomic E-state index is 0.170. The maximum Gasteiger partial charge on any atom is 0.340 e. The van der Waals surface area contributed by atoms with Gasteiger partial charge in [0.25, 0.3) is 0 Å². The first-order valence-electron chi connectivity index (χ1n) is 7.61. The summed E-state index contributed by atoms with van der Waals surface area (Å²) in [5.41, 5.74) is 1.11. The second-order valence-electron chi connectivity index (χ2n) is 5.38. The van der Waals surface area contributed by atoms with Crippen LogP contribution in [0.5, 0.6) is 0 Å². The highest BCUT2D eigenvalue weighted by molar-refractivity contribution is 7.12. The van der Waals surface area contributed by atoms with E-state index in [1.54, 1.807) is 22.7 Å². The Kier molecular flexibility index (Phi) is 5.63. The van der Waals surface area contributed by atoms with E-state index in [2.05, 4.69) is 0 Å². The van der Waals surface area contributed by atoms with Gasteiger partial charge in [-0.2, -0.15) is 0 Å². The van der Waals surface area contributed by atoms with Crippen LogP contribution >= 0.6 is 34.0 Å². The smallest absolute Gasteiger partial charge is 0.340 e. The molecule has 0 aliphatic rings. The van der Waals surface area contributed by atoms with Crippen molar-refractivity contribution in [1.29, 1.82) is 0 Å². The molecule has 0 bridgehead atoms. The summed E-state index contributed by atoms with van der Waals surface area (Å²) in [6.07, 6.45) is 1.81. The van der Waals surface area contributed by atoms with Gasteiger partial charge in [0.15, 0.2) is 6.61 Å². The molecule has 0 spiro atoms. The Morgan fingerprint density at radius 3 is 2.48 bits per heavy atom. The number of Topliss-reactive ketones (excluding diaryl/α,β-unsaturated/α-hetero) is 1. The summed E-state index contributed by atoms with van der Waals surface area (Å²) >= 11 is 4.59. The first-order chi connectivity index (χ1) is 12.0. The van der Waals surface area contributed by atoms with Crippen LogP contribution in [0.1, 0.15) is 29.9 Å².